The normalized spacial score (nSPS) is 11.2. The van der Waals surface area contributed by atoms with E-state index in [0.29, 0.717) is 26.9 Å². The molecule has 0 saturated carbocycles. The third-order valence-electron chi connectivity index (χ3n) is 4.85. The molecule has 0 bridgehead atoms. The third kappa shape index (κ3) is 3.85. The van der Waals surface area contributed by atoms with E-state index in [1.54, 1.807) is 25.4 Å². The number of methoxy groups -OCH3 is 1. The van der Waals surface area contributed by atoms with Gasteiger partial charge in [0.1, 0.15) is 17.0 Å². The first kappa shape index (κ1) is 19.5. The monoisotopic (exact) mass is 449 g/mol. The number of benzene rings is 2. The summed E-state index contributed by atoms with van der Waals surface area (Å²) >= 11 is 7.46. The van der Waals surface area contributed by atoms with Crippen molar-refractivity contribution in [1.29, 1.82) is 0 Å². The number of halogens is 1. The first-order valence-corrected chi connectivity index (χ1v) is 10.6. The highest BCUT2D eigenvalue weighted by molar-refractivity contribution is 7.22. The predicted octanol–water partition coefficient (Wildman–Crippen LogP) is 5.49. The highest BCUT2D eigenvalue weighted by Gasteiger charge is 2.13. The number of rotatable bonds is 5. The average molecular weight is 450 g/mol. The van der Waals surface area contributed by atoms with Gasteiger partial charge in [-0.25, -0.2) is 9.97 Å². The van der Waals surface area contributed by atoms with Gasteiger partial charge in [0.05, 0.1) is 25.2 Å². The summed E-state index contributed by atoms with van der Waals surface area (Å²) in [4.78, 5) is 22.8. The quantitative estimate of drug-likeness (QED) is 0.355. The van der Waals surface area contributed by atoms with Crippen molar-refractivity contribution >= 4 is 33.2 Å². The van der Waals surface area contributed by atoms with E-state index in [-0.39, 0.29) is 12.1 Å². The molecule has 0 spiro atoms. The van der Waals surface area contributed by atoms with Gasteiger partial charge in [0.2, 0.25) is 5.89 Å². The number of aromatic nitrogens is 3. The van der Waals surface area contributed by atoms with Crippen LogP contribution >= 0.6 is 22.9 Å². The second-order valence-electron chi connectivity index (χ2n) is 6.86. The molecule has 31 heavy (non-hydrogen) atoms. The number of ether oxygens (including phenoxy) is 1. The number of thiophene rings is 1. The molecule has 3 heterocycles. The molecular weight excluding hydrogens is 434 g/mol. The molecule has 0 radical (unpaired) electrons. The molecule has 5 aromatic rings. The van der Waals surface area contributed by atoms with Crippen LogP contribution in [0.2, 0.25) is 5.02 Å². The summed E-state index contributed by atoms with van der Waals surface area (Å²) in [6.07, 6.45) is 3.16. The Balaban J connectivity index is 1.44. The SMILES string of the molecule is COc1ccc(-c2cc3ncn(Cc4ncc(-c5cccc(Cl)c5)o4)c(=O)c3s2)cc1. The van der Waals surface area contributed by atoms with E-state index in [2.05, 4.69) is 9.97 Å². The lowest BCUT2D eigenvalue weighted by Crippen LogP contribution is -2.20. The fraction of sp³-hybridized carbons (Fsp3) is 0.0870. The number of hydrogen-bond acceptors (Lipinski definition) is 6. The van der Waals surface area contributed by atoms with E-state index in [9.17, 15) is 4.79 Å². The van der Waals surface area contributed by atoms with Gasteiger partial charge in [0.15, 0.2) is 5.76 Å². The van der Waals surface area contributed by atoms with Gasteiger partial charge >= 0.3 is 0 Å². The third-order valence-corrected chi connectivity index (χ3v) is 6.24. The van der Waals surface area contributed by atoms with Crippen molar-refractivity contribution in [2.45, 2.75) is 6.54 Å². The van der Waals surface area contributed by atoms with Crippen molar-refractivity contribution in [2.75, 3.05) is 7.11 Å². The molecule has 5 rings (SSSR count). The summed E-state index contributed by atoms with van der Waals surface area (Å²) in [5.74, 6) is 1.80. The van der Waals surface area contributed by atoms with E-state index in [1.165, 1.54) is 22.2 Å². The molecule has 154 valence electrons. The average Bonchev–Trinajstić information content (AvgIpc) is 3.44. The Morgan fingerprint density at radius 1 is 1.10 bits per heavy atom. The van der Waals surface area contributed by atoms with Crippen molar-refractivity contribution < 1.29 is 9.15 Å². The Kier molecular flexibility index (Phi) is 5.05. The maximum Gasteiger partial charge on any atom is 0.271 e. The lowest BCUT2D eigenvalue weighted by molar-refractivity contribution is 0.415. The number of nitrogens with zero attached hydrogens (tertiary/aromatic N) is 3. The lowest BCUT2D eigenvalue weighted by atomic mass is 10.2. The van der Waals surface area contributed by atoms with Crippen molar-refractivity contribution in [2.24, 2.45) is 0 Å². The Morgan fingerprint density at radius 3 is 2.71 bits per heavy atom. The molecule has 0 amide bonds. The minimum atomic E-state index is -0.128. The topological polar surface area (TPSA) is 70.2 Å². The summed E-state index contributed by atoms with van der Waals surface area (Å²) in [5, 5.41) is 0.617. The second kappa shape index (κ2) is 8.02. The van der Waals surface area contributed by atoms with E-state index >= 15 is 0 Å². The second-order valence-corrected chi connectivity index (χ2v) is 8.35. The maximum absolute atomic E-state index is 13.0. The van der Waals surface area contributed by atoms with Crippen LogP contribution in [0, 0.1) is 0 Å². The van der Waals surface area contributed by atoms with Crippen LogP contribution in [0.3, 0.4) is 0 Å². The number of oxazole rings is 1. The largest absolute Gasteiger partial charge is 0.497 e. The number of hydrogen-bond donors (Lipinski definition) is 0. The molecule has 6 nitrogen and oxygen atoms in total. The summed E-state index contributed by atoms with van der Waals surface area (Å²) in [7, 11) is 1.63. The first-order valence-electron chi connectivity index (χ1n) is 9.45. The zero-order chi connectivity index (χ0) is 21.4. The van der Waals surface area contributed by atoms with Crippen LogP contribution in [-0.4, -0.2) is 21.6 Å². The Hall–Kier alpha value is -3.42. The predicted molar refractivity (Wildman–Crippen MR) is 122 cm³/mol. The smallest absolute Gasteiger partial charge is 0.271 e. The summed E-state index contributed by atoms with van der Waals surface area (Å²) in [6.45, 7) is 0.193. The molecule has 0 fully saturated rings. The standard InChI is InChI=1S/C23H16ClN3O3S/c1-29-17-7-5-14(6-8-17)20-10-18-22(31-20)23(28)27(13-26-18)12-21-25-11-19(30-21)15-3-2-4-16(24)9-15/h2-11,13H,12H2,1H3. The van der Waals surface area contributed by atoms with Gasteiger partial charge in [-0.1, -0.05) is 23.7 Å². The first-order chi connectivity index (χ1) is 15.1. The minimum absolute atomic E-state index is 0.128. The molecule has 0 unspecified atom stereocenters. The minimum Gasteiger partial charge on any atom is -0.497 e. The van der Waals surface area contributed by atoms with E-state index in [4.69, 9.17) is 20.8 Å². The molecule has 0 saturated heterocycles. The maximum atomic E-state index is 13.0. The van der Waals surface area contributed by atoms with Gasteiger partial charge in [0.25, 0.3) is 5.56 Å². The van der Waals surface area contributed by atoms with Crippen LogP contribution in [0.5, 0.6) is 5.75 Å². The molecule has 0 aliphatic carbocycles. The van der Waals surface area contributed by atoms with Crippen LogP contribution in [0.25, 0.3) is 32.0 Å². The fourth-order valence-electron chi connectivity index (χ4n) is 3.26. The van der Waals surface area contributed by atoms with E-state index < -0.39 is 0 Å². The molecule has 8 heteroatoms. The molecular formula is C23H16ClN3O3S. The summed E-state index contributed by atoms with van der Waals surface area (Å²) in [6, 6.07) is 17.0. The van der Waals surface area contributed by atoms with Crippen LogP contribution in [-0.2, 0) is 6.54 Å². The van der Waals surface area contributed by atoms with E-state index in [0.717, 1.165) is 21.8 Å². The molecule has 3 aromatic heterocycles. The molecule has 0 aliphatic heterocycles. The highest BCUT2D eigenvalue weighted by atomic mass is 35.5. The highest BCUT2D eigenvalue weighted by Crippen LogP contribution is 2.32. The van der Waals surface area contributed by atoms with E-state index in [1.807, 2.05) is 42.5 Å². The van der Waals surface area contributed by atoms with Crippen LogP contribution in [0.4, 0.5) is 0 Å². The summed E-state index contributed by atoms with van der Waals surface area (Å²) < 4.78 is 13.1. The van der Waals surface area contributed by atoms with Crippen LogP contribution in [0.1, 0.15) is 5.89 Å². The van der Waals surface area contributed by atoms with Crippen LogP contribution < -0.4 is 10.3 Å². The van der Waals surface area contributed by atoms with Crippen LogP contribution in [0.15, 0.2) is 76.3 Å². The zero-order valence-electron chi connectivity index (χ0n) is 16.4. The van der Waals surface area contributed by atoms with Gasteiger partial charge in [-0.15, -0.1) is 11.3 Å². The van der Waals surface area contributed by atoms with Gasteiger partial charge < -0.3 is 9.15 Å². The molecule has 2 aromatic carbocycles. The molecule has 0 aliphatic rings. The summed E-state index contributed by atoms with van der Waals surface area (Å²) in [5.41, 5.74) is 2.38. The van der Waals surface area contributed by atoms with Crippen molar-refractivity contribution in [1.82, 2.24) is 14.5 Å². The van der Waals surface area contributed by atoms with Crippen molar-refractivity contribution in [3.8, 4) is 27.5 Å². The van der Waals surface area contributed by atoms with Crippen molar-refractivity contribution in [3.63, 3.8) is 0 Å². The molecule has 0 N–H and O–H groups in total. The van der Waals surface area contributed by atoms with Crippen molar-refractivity contribution in [3.05, 3.63) is 88.4 Å². The van der Waals surface area contributed by atoms with Gasteiger partial charge in [-0.05, 0) is 48.0 Å². The Labute approximate surface area is 186 Å². The van der Waals surface area contributed by atoms with Gasteiger partial charge in [-0.2, -0.15) is 0 Å². The fourth-order valence-corrected chi connectivity index (χ4v) is 4.52. The Bertz CT molecular complexity index is 1440. The lowest BCUT2D eigenvalue weighted by Gasteiger charge is -2.01. The molecule has 0 atom stereocenters. The zero-order valence-corrected chi connectivity index (χ0v) is 18.0. The Morgan fingerprint density at radius 2 is 1.94 bits per heavy atom. The number of fused-ring (bicyclic) bond motifs is 1. The van der Waals surface area contributed by atoms with Gasteiger partial charge in [0, 0.05) is 15.5 Å². The van der Waals surface area contributed by atoms with Gasteiger partial charge in [-0.3, -0.25) is 9.36 Å².